The predicted molar refractivity (Wildman–Crippen MR) is 81.2 cm³/mol. The van der Waals surface area contributed by atoms with E-state index in [4.69, 9.17) is 4.74 Å². The van der Waals surface area contributed by atoms with Gasteiger partial charge in [-0.3, -0.25) is 4.68 Å². The number of ether oxygens (including phenoxy) is 1. The number of nitrogens with zero attached hydrogens (tertiary/aromatic N) is 3. The molecule has 1 aromatic carbocycles. The number of hydrogen-bond donors (Lipinski definition) is 0. The van der Waals surface area contributed by atoms with Crippen LogP contribution in [0.4, 0.5) is 9.18 Å². The van der Waals surface area contributed by atoms with Gasteiger partial charge in [-0.25, -0.2) is 9.18 Å². The van der Waals surface area contributed by atoms with E-state index in [1.165, 1.54) is 6.07 Å². The van der Waals surface area contributed by atoms with E-state index in [-0.39, 0.29) is 18.0 Å². The lowest BCUT2D eigenvalue weighted by Crippen LogP contribution is -2.35. The third-order valence-electron chi connectivity index (χ3n) is 3.70. The molecule has 3 rings (SSSR count). The zero-order valence-electron chi connectivity index (χ0n) is 13.0. The highest BCUT2D eigenvalue weighted by molar-refractivity contribution is 5.78. The molecule has 22 heavy (non-hydrogen) atoms. The first-order chi connectivity index (χ1) is 10.3. The Morgan fingerprint density at radius 2 is 2.18 bits per heavy atom. The van der Waals surface area contributed by atoms with Gasteiger partial charge in [-0.1, -0.05) is 6.07 Å². The Balaban J connectivity index is 1.74. The molecule has 0 radical (unpaired) electrons. The highest BCUT2D eigenvalue weighted by Gasteiger charge is 2.31. The summed E-state index contributed by atoms with van der Waals surface area (Å²) in [6.45, 7) is 6.70. The normalized spacial score (nSPS) is 18.9. The van der Waals surface area contributed by atoms with E-state index in [9.17, 15) is 9.18 Å². The minimum atomic E-state index is -0.501. The molecule has 0 saturated carbocycles. The summed E-state index contributed by atoms with van der Waals surface area (Å²) in [6, 6.07) is 4.92. The van der Waals surface area contributed by atoms with Crippen LogP contribution < -0.4 is 0 Å². The predicted octanol–water partition coefficient (Wildman–Crippen LogP) is 3.36. The fraction of sp³-hybridized carbons (Fsp3) is 0.500. The molecule has 1 aliphatic heterocycles. The molecule has 0 aliphatic carbocycles. The molecular weight excluding hydrogens is 285 g/mol. The van der Waals surface area contributed by atoms with Crippen LogP contribution >= 0.6 is 0 Å². The van der Waals surface area contributed by atoms with Crippen molar-refractivity contribution < 1.29 is 13.9 Å². The van der Waals surface area contributed by atoms with Gasteiger partial charge in [-0.05, 0) is 39.3 Å². The first-order valence-corrected chi connectivity index (χ1v) is 7.45. The van der Waals surface area contributed by atoms with Gasteiger partial charge in [0.25, 0.3) is 0 Å². The lowest BCUT2D eigenvalue weighted by molar-refractivity contribution is 0.0288. The summed E-state index contributed by atoms with van der Waals surface area (Å²) in [4.78, 5) is 13.8. The maximum absolute atomic E-state index is 13.7. The molecular formula is C16H20FN3O2. The second-order valence-corrected chi connectivity index (χ2v) is 6.65. The molecule has 0 bridgehead atoms. The van der Waals surface area contributed by atoms with Crippen molar-refractivity contribution in [2.75, 3.05) is 13.1 Å². The third kappa shape index (κ3) is 2.91. The minimum Gasteiger partial charge on any atom is -0.444 e. The summed E-state index contributed by atoms with van der Waals surface area (Å²) in [5.41, 5.74) is 0.134. The van der Waals surface area contributed by atoms with Crippen molar-refractivity contribution in [3.8, 4) is 0 Å². The van der Waals surface area contributed by atoms with Gasteiger partial charge in [0.05, 0.1) is 16.9 Å². The van der Waals surface area contributed by atoms with Crippen LogP contribution in [-0.4, -0.2) is 39.5 Å². The molecule has 0 N–H and O–H groups in total. The Hall–Kier alpha value is -2.11. The van der Waals surface area contributed by atoms with E-state index < -0.39 is 5.60 Å². The standard InChI is InChI=1S/C16H20FN3O2/c1-16(2,3)22-15(21)19-8-7-11(9-19)20-10-12-13(17)5-4-6-14(12)18-20/h4-6,10-11H,7-9H2,1-3H3/t11-/m1/s1. The molecule has 0 spiro atoms. The fourth-order valence-electron chi connectivity index (χ4n) is 2.66. The van der Waals surface area contributed by atoms with Gasteiger partial charge in [-0.2, -0.15) is 5.10 Å². The first-order valence-electron chi connectivity index (χ1n) is 7.45. The van der Waals surface area contributed by atoms with E-state index in [1.54, 1.807) is 27.9 Å². The Morgan fingerprint density at radius 1 is 1.41 bits per heavy atom. The Morgan fingerprint density at radius 3 is 2.86 bits per heavy atom. The zero-order valence-corrected chi connectivity index (χ0v) is 13.0. The van der Waals surface area contributed by atoms with Gasteiger partial charge < -0.3 is 9.64 Å². The lowest BCUT2D eigenvalue weighted by atomic mass is 10.2. The molecule has 6 heteroatoms. The number of carbonyl (C=O) groups is 1. The molecule has 5 nitrogen and oxygen atoms in total. The summed E-state index contributed by atoms with van der Waals surface area (Å²) < 4.78 is 20.9. The molecule has 2 heterocycles. The lowest BCUT2D eigenvalue weighted by Gasteiger charge is -2.24. The fourth-order valence-corrected chi connectivity index (χ4v) is 2.66. The average molecular weight is 305 g/mol. The van der Waals surface area contributed by atoms with Crippen molar-refractivity contribution in [2.45, 2.75) is 38.8 Å². The van der Waals surface area contributed by atoms with E-state index >= 15 is 0 Å². The van der Waals surface area contributed by atoms with Crippen LogP contribution in [0.2, 0.25) is 0 Å². The summed E-state index contributed by atoms with van der Waals surface area (Å²) in [5.74, 6) is -0.272. The largest absolute Gasteiger partial charge is 0.444 e. The van der Waals surface area contributed by atoms with Crippen LogP contribution in [0.15, 0.2) is 24.4 Å². The number of likely N-dealkylation sites (tertiary alicyclic amines) is 1. The Kier molecular flexibility index (Phi) is 3.54. The van der Waals surface area contributed by atoms with Crippen LogP contribution in [0.25, 0.3) is 10.9 Å². The van der Waals surface area contributed by atoms with Gasteiger partial charge in [0, 0.05) is 19.3 Å². The molecule has 1 atom stereocenters. The second-order valence-electron chi connectivity index (χ2n) is 6.65. The number of fused-ring (bicyclic) bond motifs is 1. The molecule has 1 aliphatic rings. The molecule has 1 amide bonds. The van der Waals surface area contributed by atoms with Crippen molar-refractivity contribution >= 4 is 17.0 Å². The SMILES string of the molecule is CC(C)(C)OC(=O)N1CC[C@@H](n2cc3c(F)cccc3n2)C1. The second kappa shape index (κ2) is 5.26. The molecule has 118 valence electrons. The van der Waals surface area contributed by atoms with E-state index in [0.717, 1.165) is 6.42 Å². The van der Waals surface area contributed by atoms with E-state index in [1.807, 2.05) is 20.8 Å². The van der Waals surface area contributed by atoms with Crippen LogP contribution in [0, 0.1) is 5.82 Å². The van der Waals surface area contributed by atoms with Crippen molar-refractivity contribution in [1.82, 2.24) is 14.7 Å². The van der Waals surface area contributed by atoms with Gasteiger partial charge in [0.15, 0.2) is 0 Å². The number of benzene rings is 1. The number of halogens is 1. The summed E-state index contributed by atoms with van der Waals surface area (Å²) in [7, 11) is 0. The first kappa shape index (κ1) is 14.8. The van der Waals surface area contributed by atoms with Crippen LogP contribution in [0.5, 0.6) is 0 Å². The van der Waals surface area contributed by atoms with Crippen molar-refractivity contribution in [1.29, 1.82) is 0 Å². The highest BCUT2D eigenvalue weighted by atomic mass is 19.1. The Labute approximate surface area is 128 Å². The van der Waals surface area contributed by atoms with Crippen molar-refractivity contribution in [3.05, 3.63) is 30.2 Å². The van der Waals surface area contributed by atoms with Crippen molar-refractivity contribution in [2.24, 2.45) is 0 Å². The molecule has 1 aromatic heterocycles. The van der Waals surface area contributed by atoms with Crippen LogP contribution in [-0.2, 0) is 4.74 Å². The average Bonchev–Trinajstić information content (AvgIpc) is 3.03. The van der Waals surface area contributed by atoms with Crippen LogP contribution in [0.1, 0.15) is 33.2 Å². The maximum atomic E-state index is 13.7. The highest BCUT2D eigenvalue weighted by Crippen LogP contribution is 2.25. The quantitative estimate of drug-likeness (QED) is 0.811. The van der Waals surface area contributed by atoms with Gasteiger partial charge >= 0.3 is 6.09 Å². The van der Waals surface area contributed by atoms with Gasteiger partial charge in [0.1, 0.15) is 11.4 Å². The summed E-state index contributed by atoms with van der Waals surface area (Å²) in [6.07, 6.45) is 2.20. The number of carbonyl (C=O) groups excluding carboxylic acids is 1. The third-order valence-corrected chi connectivity index (χ3v) is 3.70. The number of hydrogen-bond acceptors (Lipinski definition) is 3. The molecule has 1 fully saturated rings. The number of aromatic nitrogens is 2. The summed E-state index contributed by atoms with van der Waals surface area (Å²) >= 11 is 0. The van der Waals surface area contributed by atoms with Gasteiger partial charge in [0.2, 0.25) is 0 Å². The van der Waals surface area contributed by atoms with Gasteiger partial charge in [-0.15, -0.1) is 0 Å². The Bertz CT molecular complexity index is 705. The number of amides is 1. The zero-order chi connectivity index (χ0) is 15.9. The maximum Gasteiger partial charge on any atom is 0.410 e. The molecule has 2 aromatic rings. The number of rotatable bonds is 1. The smallest absolute Gasteiger partial charge is 0.410 e. The van der Waals surface area contributed by atoms with Crippen LogP contribution in [0.3, 0.4) is 0 Å². The monoisotopic (exact) mass is 305 g/mol. The van der Waals surface area contributed by atoms with E-state index in [0.29, 0.717) is 24.0 Å². The van der Waals surface area contributed by atoms with E-state index in [2.05, 4.69) is 5.10 Å². The molecule has 0 unspecified atom stereocenters. The summed E-state index contributed by atoms with van der Waals surface area (Å²) in [5, 5.41) is 4.93. The topological polar surface area (TPSA) is 47.4 Å². The molecule has 1 saturated heterocycles. The minimum absolute atomic E-state index is 0.0549. The van der Waals surface area contributed by atoms with Crippen molar-refractivity contribution in [3.63, 3.8) is 0 Å².